The lowest BCUT2D eigenvalue weighted by Gasteiger charge is -2.15. The van der Waals surface area contributed by atoms with E-state index in [1.54, 1.807) is 0 Å². The van der Waals surface area contributed by atoms with Crippen molar-refractivity contribution in [2.45, 2.75) is 26.3 Å². The minimum absolute atomic E-state index is 0.175. The van der Waals surface area contributed by atoms with Gasteiger partial charge in [0.2, 0.25) is 0 Å². The van der Waals surface area contributed by atoms with Gasteiger partial charge in [0.05, 0.1) is 12.4 Å². The molecule has 0 rings (SSSR count). The summed E-state index contributed by atoms with van der Waals surface area (Å²) >= 11 is 0. The van der Waals surface area contributed by atoms with Gasteiger partial charge in [-0.05, 0) is 12.3 Å². The molecule has 0 fully saturated rings. The van der Waals surface area contributed by atoms with Crippen LogP contribution >= 0.6 is 0 Å². The summed E-state index contributed by atoms with van der Waals surface area (Å²) in [4.78, 5) is 22.4. The largest absolute Gasteiger partial charge is 0.480 e. The van der Waals surface area contributed by atoms with Gasteiger partial charge in [-0.25, -0.2) is 18.0 Å². The molecule has 0 aliphatic rings. The van der Waals surface area contributed by atoms with E-state index in [0.717, 1.165) is 6.26 Å². The van der Waals surface area contributed by atoms with Crippen LogP contribution in [0.4, 0.5) is 4.79 Å². The molecular weight excluding hydrogens is 300 g/mol. The Morgan fingerprint density at radius 2 is 1.90 bits per heavy atom. The van der Waals surface area contributed by atoms with Crippen molar-refractivity contribution >= 4 is 21.8 Å². The molecule has 0 aromatic heterocycles. The van der Waals surface area contributed by atoms with Crippen LogP contribution in [0.5, 0.6) is 0 Å². The van der Waals surface area contributed by atoms with E-state index in [1.165, 1.54) is 0 Å². The molecule has 0 heterocycles. The molecule has 0 aliphatic carbocycles. The van der Waals surface area contributed by atoms with Gasteiger partial charge < -0.3 is 20.5 Å². The fraction of sp³-hybridized carbons (Fsp3) is 0.833. The third kappa shape index (κ3) is 12.1. The Morgan fingerprint density at radius 3 is 2.38 bits per heavy atom. The predicted molar refractivity (Wildman–Crippen MR) is 77.9 cm³/mol. The lowest BCUT2D eigenvalue weighted by atomic mass is 10.2. The molecule has 2 amide bonds. The molecule has 0 bridgehead atoms. The Balaban J connectivity index is 4.04. The number of urea groups is 1. The molecule has 0 aliphatic heterocycles. The molecule has 0 saturated carbocycles. The number of amides is 2. The van der Waals surface area contributed by atoms with Crippen molar-refractivity contribution in [3.05, 3.63) is 0 Å². The number of carbonyl (C=O) groups is 2. The van der Waals surface area contributed by atoms with Crippen LogP contribution in [0.25, 0.3) is 0 Å². The van der Waals surface area contributed by atoms with Crippen molar-refractivity contribution in [3.63, 3.8) is 0 Å². The van der Waals surface area contributed by atoms with Crippen LogP contribution in [-0.2, 0) is 19.4 Å². The Hall–Kier alpha value is -1.35. The van der Waals surface area contributed by atoms with Crippen LogP contribution in [0.15, 0.2) is 0 Å². The quantitative estimate of drug-likeness (QED) is 0.480. The van der Waals surface area contributed by atoms with E-state index in [1.807, 2.05) is 13.8 Å². The highest BCUT2D eigenvalue weighted by molar-refractivity contribution is 7.90. The second-order valence-corrected chi connectivity index (χ2v) is 7.44. The van der Waals surface area contributed by atoms with Gasteiger partial charge in [0.25, 0.3) is 0 Å². The van der Waals surface area contributed by atoms with Gasteiger partial charge in [-0.3, -0.25) is 0 Å². The smallest absolute Gasteiger partial charge is 0.326 e. The van der Waals surface area contributed by atoms with Gasteiger partial charge in [0, 0.05) is 19.4 Å². The predicted octanol–water partition coefficient (Wildman–Crippen LogP) is -0.154. The minimum Gasteiger partial charge on any atom is -0.480 e. The summed E-state index contributed by atoms with van der Waals surface area (Å²) in [5.74, 6) is -1.18. The normalized spacial score (nSPS) is 13.0. The highest BCUT2D eigenvalue weighted by Gasteiger charge is 2.21. The Morgan fingerprint density at radius 1 is 1.29 bits per heavy atom. The third-order valence-electron chi connectivity index (χ3n) is 2.36. The minimum atomic E-state index is -3.28. The van der Waals surface area contributed by atoms with E-state index in [4.69, 9.17) is 9.84 Å². The fourth-order valence-electron chi connectivity index (χ4n) is 1.35. The van der Waals surface area contributed by atoms with Crippen molar-refractivity contribution in [1.29, 1.82) is 0 Å². The summed E-state index contributed by atoms with van der Waals surface area (Å²) in [6.45, 7) is 5.15. The maximum atomic E-state index is 11.5. The summed E-state index contributed by atoms with van der Waals surface area (Å²) in [5, 5.41) is 13.6. The number of hydrogen-bond donors (Lipinski definition) is 3. The zero-order valence-corrected chi connectivity index (χ0v) is 13.4. The van der Waals surface area contributed by atoms with E-state index in [0.29, 0.717) is 19.1 Å². The molecule has 21 heavy (non-hydrogen) atoms. The Bertz CT molecular complexity index is 435. The van der Waals surface area contributed by atoms with Crippen molar-refractivity contribution in [2.75, 3.05) is 31.8 Å². The monoisotopic (exact) mass is 324 g/mol. The number of nitrogens with one attached hydrogen (secondary N) is 2. The first kappa shape index (κ1) is 19.7. The van der Waals surface area contributed by atoms with E-state index in [9.17, 15) is 18.0 Å². The van der Waals surface area contributed by atoms with Gasteiger partial charge in [0.1, 0.15) is 15.9 Å². The number of carboxylic acid groups (broad SMARTS) is 1. The molecule has 0 aromatic carbocycles. The average Bonchev–Trinajstić information content (AvgIpc) is 2.32. The number of rotatable bonds is 10. The Kier molecular flexibility index (Phi) is 8.95. The van der Waals surface area contributed by atoms with Gasteiger partial charge >= 0.3 is 12.0 Å². The molecule has 3 N–H and O–H groups in total. The highest BCUT2D eigenvalue weighted by Crippen LogP contribution is 1.97. The van der Waals surface area contributed by atoms with Crippen molar-refractivity contribution in [1.82, 2.24) is 10.6 Å². The molecule has 0 radical (unpaired) electrons. The molecule has 0 aromatic rings. The zero-order valence-electron chi connectivity index (χ0n) is 12.6. The topological polar surface area (TPSA) is 122 Å². The second-order valence-electron chi connectivity index (χ2n) is 5.18. The first-order chi connectivity index (χ1) is 9.61. The fourth-order valence-corrected chi connectivity index (χ4v) is 2.02. The maximum Gasteiger partial charge on any atom is 0.326 e. The van der Waals surface area contributed by atoms with Crippen molar-refractivity contribution < 1.29 is 27.9 Å². The van der Waals surface area contributed by atoms with Crippen LogP contribution in [0.1, 0.15) is 20.3 Å². The highest BCUT2D eigenvalue weighted by atomic mass is 32.2. The SMILES string of the molecule is CC(C)COCCNC(=O)NC(CCS(C)(=O)=O)C(=O)O. The summed E-state index contributed by atoms with van der Waals surface area (Å²) in [7, 11) is -3.28. The van der Waals surface area contributed by atoms with Crippen LogP contribution < -0.4 is 10.6 Å². The summed E-state index contributed by atoms with van der Waals surface area (Å²) in [5.41, 5.74) is 0. The van der Waals surface area contributed by atoms with Gasteiger partial charge in [-0.15, -0.1) is 0 Å². The van der Waals surface area contributed by atoms with E-state index in [2.05, 4.69) is 10.6 Å². The number of sulfone groups is 1. The maximum absolute atomic E-state index is 11.5. The number of ether oxygens (including phenoxy) is 1. The van der Waals surface area contributed by atoms with Gasteiger partial charge in [-0.2, -0.15) is 0 Å². The third-order valence-corrected chi connectivity index (χ3v) is 3.34. The van der Waals surface area contributed by atoms with Crippen molar-refractivity contribution in [2.24, 2.45) is 5.92 Å². The number of carbonyl (C=O) groups excluding carboxylic acids is 1. The summed E-state index contributed by atoms with van der Waals surface area (Å²) in [6.07, 6.45) is 0.837. The van der Waals surface area contributed by atoms with Gasteiger partial charge in [-0.1, -0.05) is 13.8 Å². The molecule has 1 unspecified atom stereocenters. The number of aliphatic carboxylic acids is 1. The van der Waals surface area contributed by atoms with Crippen molar-refractivity contribution in [3.8, 4) is 0 Å². The van der Waals surface area contributed by atoms with E-state index >= 15 is 0 Å². The standard InChI is InChI=1S/C12H24N2O6S/c1-9(2)8-20-6-5-13-12(17)14-10(11(15)16)4-7-21(3,18)19/h9-10H,4-8H2,1-3H3,(H,15,16)(H2,13,14,17). The molecular formula is C12H24N2O6S. The summed E-state index contributed by atoms with van der Waals surface area (Å²) < 4.78 is 27.3. The van der Waals surface area contributed by atoms with E-state index < -0.39 is 27.9 Å². The van der Waals surface area contributed by atoms with E-state index in [-0.39, 0.29) is 18.7 Å². The molecule has 0 saturated heterocycles. The number of carboxylic acids is 1. The Labute approximate surface area is 125 Å². The molecule has 9 heteroatoms. The lowest BCUT2D eigenvalue weighted by molar-refractivity contribution is -0.139. The van der Waals surface area contributed by atoms with Crippen LogP contribution in [0.2, 0.25) is 0 Å². The van der Waals surface area contributed by atoms with Crippen LogP contribution in [-0.4, -0.2) is 63.3 Å². The molecule has 1 atom stereocenters. The second kappa shape index (κ2) is 9.56. The van der Waals surface area contributed by atoms with Crippen LogP contribution in [0, 0.1) is 5.92 Å². The molecule has 0 spiro atoms. The molecule has 8 nitrogen and oxygen atoms in total. The average molecular weight is 324 g/mol. The summed E-state index contributed by atoms with van der Waals surface area (Å²) in [6, 6.07) is -1.90. The van der Waals surface area contributed by atoms with Crippen LogP contribution in [0.3, 0.4) is 0 Å². The molecule has 124 valence electrons. The first-order valence-electron chi connectivity index (χ1n) is 6.64. The first-order valence-corrected chi connectivity index (χ1v) is 8.70. The van der Waals surface area contributed by atoms with Gasteiger partial charge in [0.15, 0.2) is 0 Å². The number of hydrogen-bond acceptors (Lipinski definition) is 5. The lowest BCUT2D eigenvalue weighted by Crippen LogP contribution is -2.47. The zero-order chi connectivity index (χ0) is 16.5.